The number of aromatic amines is 1. The molecule has 14 heteroatoms. The minimum absolute atomic E-state index is 0.0322. The molecule has 0 spiro atoms. The lowest BCUT2D eigenvalue weighted by atomic mass is 9.98. The summed E-state index contributed by atoms with van der Waals surface area (Å²) in [7, 11) is 0. The first-order valence-electron chi connectivity index (χ1n) is 15.6. The minimum atomic E-state index is -5.06. The van der Waals surface area contributed by atoms with Gasteiger partial charge in [-0.3, -0.25) is 14.6 Å². The molecule has 2 fully saturated rings. The van der Waals surface area contributed by atoms with Crippen molar-refractivity contribution >= 4 is 22.5 Å². The molecule has 1 amide bonds. The van der Waals surface area contributed by atoms with Crippen LogP contribution < -0.4 is 0 Å². The number of alkyl halides is 6. The fraction of sp³-hybridized carbons (Fsp3) is 0.515. The van der Waals surface area contributed by atoms with Crippen molar-refractivity contribution in [3.8, 4) is 0 Å². The van der Waals surface area contributed by atoms with Crippen molar-refractivity contribution in [3.05, 3.63) is 70.9 Å². The predicted molar refractivity (Wildman–Crippen MR) is 165 cm³/mol. The van der Waals surface area contributed by atoms with E-state index < -0.39 is 41.0 Å². The van der Waals surface area contributed by atoms with E-state index in [0.717, 1.165) is 16.5 Å². The number of hydrogen-bond donors (Lipinski definition) is 1. The standard InChI is InChI=1S/C33H39F6N5O3/c1-21(41-47-11-10-43-22(2)19-46-20-23(43)3)17-42-8-9-44(28(18-42)14-25-16-40-30-7-5-4-6-29(25)30)31(45)24-12-26(32(34,35)36)15-27(13-24)33(37,38)39/h4-7,12-13,15-16,22-23,28,40H,8-11,14,17-20H2,1-3H3/t22?,23?,28-/m1/s1. The van der Waals surface area contributed by atoms with Crippen molar-refractivity contribution in [2.45, 2.75) is 57.7 Å². The van der Waals surface area contributed by atoms with Gasteiger partial charge in [-0.25, -0.2) is 0 Å². The highest BCUT2D eigenvalue weighted by atomic mass is 19.4. The third-order valence-electron chi connectivity index (χ3n) is 8.76. The Kier molecular flexibility index (Phi) is 10.5. The topological polar surface area (TPSA) is 73.4 Å². The van der Waals surface area contributed by atoms with E-state index in [0.29, 0.717) is 70.3 Å². The first-order chi connectivity index (χ1) is 22.2. The third-order valence-corrected chi connectivity index (χ3v) is 8.76. The Morgan fingerprint density at radius 2 is 1.66 bits per heavy atom. The Morgan fingerprint density at radius 1 is 1.00 bits per heavy atom. The number of H-pyrrole nitrogens is 1. The van der Waals surface area contributed by atoms with Crippen LogP contribution in [0.2, 0.25) is 0 Å². The molecule has 3 heterocycles. The van der Waals surface area contributed by atoms with E-state index in [9.17, 15) is 31.1 Å². The van der Waals surface area contributed by atoms with Gasteiger partial charge in [0.15, 0.2) is 0 Å². The minimum Gasteiger partial charge on any atom is -0.394 e. The molecule has 2 aromatic carbocycles. The summed E-state index contributed by atoms with van der Waals surface area (Å²) in [6, 6.07) is 8.60. The molecule has 8 nitrogen and oxygen atoms in total. The lowest BCUT2D eigenvalue weighted by molar-refractivity contribution is -0.143. The summed E-state index contributed by atoms with van der Waals surface area (Å²) in [5, 5.41) is 5.20. The zero-order valence-corrected chi connectivity index (χ0v) is 26.5. The van der Waals surface area contributed by atoms with Crippen LogP contribution in [0, 0.1) is 0 Å². The van der Waals surface area contributed by atoms with Gasteiger partial charge in [0.05, 0.1) is 30.1 Å². The lowest BCUT2D eigenvalue weighted by Crippen LogP contribution is -2.56. The summed E-state index contributed by atoms with van der Waals surface area (Å²) in [5.74, 6) is -0.883. The molecular formula is C33H39F6N5O3. The van der Waals surface area contributed by atoms with Gasteiger partial charge in [0, 0.05) is 73.5 Å². The van der Waals surface area contributed by atoms with Crippen molar-refractivity contribution in [3.63, 3.8) is 0 Å². The number of oxime groups is 1. The zero-order chi connectivity index (χ0) is 33.9. The number of piperazine rings is 1. The maximum atomic E-state index is 13.7. The molecule has 3 atom stereocenters. The van der Waals surface area contributed by atoms with Gasteiger partial charge in [-0.05, 0) is 57.0 Å². The van der Waals surface area contributed by atoms with Gasteiger partial charge in [0.2, 0.25) is 0 Å². The lowest BCUT2D eigenvalue weighted by Gasteiger charge is -2.41. The molecule has 0 aliphatic carbocycles. The van der Waals surface area contributed by atoms with E-state index in [-0.39, 0.29) is 24.7 Å². The molecule has 0 saturated carbocycles. The molecule has 2 saturated heterocycles. The number of carbonyl (C=O) groups is 1. The maximum Gasteiger partial charge on any atom is 0.416 e. The number of morpholine rings is 1. The van der Waals surface area contributed by atoms with Crippen LogP contribution in [-0.4, -0.2) is 102 Å². The molecule has 2 aliphatic heterocycles. The van der Waals surface area contributed by atoms with Crippen LogP contribution in [0.15, 0.2) is 53.8 Å². The van der Waals surface area contributed by atoms with Gasteiger partial charge in [0.1, 0.15) is 6.61 Å². The van der Waals surface area contributed by atoms with Gasteiger partial charge in [0.25, 0.3) is 5.91 Å². The molecule has 0 radical (unpaired) electrons. The Labute approximate surface area is 269 Å². The van der Waals surface area contributed by atoms with E-state index in [1.54, 1.807) is 0 Å². The van der Waals surface area contributed by atoms with Crippen molar-refractivity contribution in [2.24, 2.45) is 5.16 Å². The summed E-state index contributed by atoms with van der Waals surface area (Å²) in [6.07, 6.45) is -7.97. The molecular weight excluding hydrogens is 628 g/mol. The summed E-state index contributed by atoms with van der Waals surface area (Å²) in [6.45, 7) is 9.64. The Hall–Kier alpha value is -3.62. The third kappa shape index (κ3) is 8.46. The van der Waals surface area contributed by atoms with Crippen molar-refractivity contribution in [1.29, 1.82) is 0 Å². The van der Waals surface area contributed by atoms with Crippen LogP contribution in [-0.2, 0) is 28.3 Å². The highest BCUT2D eigenvalue weighted by molar-refractivity contribution is 5.95. The zero-order valence-electron chi connectivity index (χ0n) is 26.5. The quantitative estimate of drug-likeness (QED) is 0.130. The first-order valence-corrected chi connectivity index (χ1v) is 15.6. The van der Waals surface area contributed by atoms with Crippen molar-refractivity contribution in [2.75, 3.05) is 52.5 Å². The van der Waals surface area contributed by atoms with Gasteiger partial charge in [-0.15, -0.1) is 0 Å². The van der Waals surface area contributed by atoms with Crippen LogP contribution in [0.5, 0.6) is 0 Å². The van der Waals surface area contributed by atoms with E-state index in [1.165, 1.54) is 4.90 Å². The summed E-state index contributed by atoms with van der Waals surface area (Å²) < 4.78 is 87.2. The van der Waals surface area contributed by atoms with E-state index in [2.05, 4.69) is 33.8 Å². The SMILES string of the molecule is CC(CN1CCN(C(=O)c2cc(C(F)(F)F)cc(C(F)(F)F)c2)[C@H](Cc2c[nH]c3ccccc23)C1)=NOCCN1C(C)COCC1C. The second kappa shape index (κ2) is 14.2. The highest BCUT2D eigenvalue weighted by Gasteiger charge is 2.39. The number of benzene rings is 2. The number of carbonyl (C=O) groups excluding carboxylic acids is 1. The second-order valence-electron chi connectivity index (χ2n) is 12.4. The molecule has 47 heavy (non-hydrogen) atoms. The Balaban J connectivity index is 1.33. The van der Waals surface area contributed by atoms with Gasteiger partial charge in [-0.2, -0.15) is 26.3 Å². The number of halogens is 6. The normalized spacial score (nSPS) is 22.2. The number of fused-ring (bicyclic) bond motifs is 1. The van der Waals surface area contributed by atoms with Gasteiger partial charge >= 0.3 is 12.4 Å². The van der Waals surface area contributed by atoms with Crippen LogP contribution in [0.4, 0.5) is 26.3 Å². The molecule has 256 valence electrons. The number of aromatic nitrogens is 1. The largest absolute Gasteiger partial charge is 0.416 e. The number of hydrogen-bond acceptors (Lipinski definition) is 6. The Bertz CT molecular complexity index is 1530. The predicted octanol–water partition coefficient (Wildman–Crippen LogP) is 6.08. The first kappa shape index (κ1) is 34.7. The molecule has 1 aromatic heterocycles. The van der Waals surface area contributed by atoms with Crippen LogP contribution in [0.3, 0.4) is 0 Å². The number of amides is 1. The van der Waals surface area contributed by atoms with Crippen LogP contribution >= 0.6 is 0 Å². The second-order valence-corrected chi connectivity index (χ2v) is 12.4. The molecule has 3 aromatic rings. The van der Waals surface area contributed by atoms with Crippen molar-refractivity contribution < 1.29 is 40.7 Å². The number of para-hydroxylation sites is 1. The molecule has 1 N–H and O–H groups in total. The van der Waals surface area contributed by atoms with Gasteiger partial charge in [-0.1, -0.05) is 23.4 Å². The number of rotatable bonds is 9. The molecule has 5 rings (SSSR count). The van der Waals surface area contributed by atoms with E-state index in [4.69, 9.17) is 9.57 Å². The number of ether oxygens (including phenoxy) is 1. The highest BCUT2D eigenvalue weighted by Crippen LogP contribution is 2.37. The maximum absolute atomic E-state index is 13.7. The molecule has 0 bridgehead atoms. The van der Waals surface area contributed by atoms with E-state index >= 15 is 0 Å². The Morgan fingerprint density at radius 3 is 2.32 bits per heavy atom. The summed E-state index contributed by atoms with van der Waals surface area (Å²) in [5.41, 5.74) is -1.24. The van der Waals surface area contributed by atoms with E-state index in [1.807, 2.05) is 37.4 Å². The fourth-order valence-electron chi connectivity index (χ4n) is 6.43. The summed E-state index contributed by atoms with van der Waals surface area (Å²) >= 11 is 0. The van der Waals surface area contributed by atoms with Crippen LogP contribution in [0.25, 0.3) is 10.9 Å². The summed E-state index contributed by atoms with van der Waals surface area (Å²) in [4.78, 5) is 28.3. The van der Waals surface area contributed by atoms with Crippen molar-refractivity contribution in [1.82, 2.24) is 19.7 Å². The smallest absolute Gasteiger partial charge is 0.394 e. The monoisotopic (exact) mass is 667 g/mol. The molecule has 2 aliphatic rings. The number of nitrogens with one attached hydrogen (secondary N) is 1. The molecule has 2 unspecified atom stereocenters. The van der Waals surface area contributed by atoms with Gasteiger partial charge < -0.3 is 19.5 Å². The van der Waals surface area contributed by atoms with Crippen LogP contribution in [0.1, 0.15) is 47.8 Å². The average molecular weight is 668 g/mol. The average Bonchev–Trinajstić information content (AvgIpc) is 3.42. The number of nitrogens with zero attached hydrogens (tertiary/aromatic N) is 4. The fourth-order valence-corrected chi connectivity index (χ4v) is 6.43.